The molecule has 0 aromatic rings. The van der Waals surface area contributed by atoms with Crippen molar-refractivity contribution in [2.24, 2.45) is 11.8 Å². The predicted molar refractivity (Wildman–Crippen MR) is 114 cm³/mol. The van der Waals surface area contributed by atoms with E-state index in [1.165, 1.54) is 37.0 Å². The third-order valence-electron chi connectivity index (χ3n) is 6.34. The second-order valence-corrected chi connectivity index (χ2v) is 8.54. The predicted octanol–water partition coefficient (Wildman–Crippen LogP) is 3.70. The molecule has 2 rings (SSSR count). The van der Waals surface area contributed by atoms with E-state index in [-0.39, 0.29) is 36.5 Å². The Bertz CT molecular complexity index is 617. The molecule has 1 fully saturated rings. The van der Waals surface area contributed by atoms with E-state index in [1.54, 1.807) is 6.92 Å². The van der Waals surface area contributed by atoms with Gasteiger partial charge in [0.05, 0.1) is 24.7 Å². The first-order chi connectivity index (χ1) is 14.3. The van der Waals surface area contributed by atoms with E-state index < -0.39 is 18.0 Å². The van der Waals surface area contributed by atoms with Crippen LogP contribution in [0, 0.1) is 11.8 Å². The molecule has 7 nitrogen and oxygen atoms in total. The van der Waals surface area contributed by atoms with Crippen LogP contribution in [0.4, 0.5) is 0 Å². The number of hydrogen-bond acceptors (Lipinski definition) is 5. The Morgan fingerprint density at radius 1 is 1.10 bits per heavy atom. The van der Waals surface area contributed by atoms with Crippen molar-refractivity contribution in [3.05, 3.63) is 11.3 Å². The molecule has 0 bridgehead atoms. The van der Waals surface area contributed by atoms with E-state index >= 15 is 0 Å². The van der Waals surface area contributed by atoms with Gasteiger partial charge in [-0.25, -0.2) is 4.79 Å². The van der Waals surface area contributed by atoms with Gasteiger partial charge in [-0.15, -0.1) is 0 Å². The fourth-order valence-electron chi connectivity index (χ4n) is 4.69. The molecule has 1 unspecified atom stereocenters. The van der Waals surface area contributed by atoms with Gasteiger partial charge in [0.2, 0.25) is 5.91 Å². The second-order valence-electron chi connectivity index (χ2n) is 8.54. The lowest BCUT2D eigenvalue weighted by Crippen LogP contribution is -2.63. The number of fused-ring (bicyclic) bond motifs is 1. The monoisotopic (exact) mass is 425 g/mol. The number of carbonyl (C=O) groups is 2. The number of amides is 1. The van der Waals surface area contributed by atoms with Crippen LogP contribution in [0.25, 0.3) is 0 Å². The molecule has 172 valence electrons. The molecule has 0 aromatic heterocycles. The number of carboxylic acid groups (broad SMARTS) is 1. The first-order valence-electron chi connectivity index (χ1n) is 11.6. The van der Waals surface area contributed by atoms with E-state index in [2.05, 4.69) is 6.92 Å². The Labute approximate surface area is 180 Å². The van der Waals surface area contributed by atoms with Gasteiger partial charge in [-0.1, -0.05) is 52.4 Å². The zero-order valence-electron chi connectivity index (χ0n) is 18.9. The van der Waals surface area contributed by atoms with Crippen molar-refractivity contribution in [3.63, 3.8) is 0 Å². The normalized spacial score (nSPS) is 25.3. The van der Waals surface area contributed by atoms with Crippen molar-refractivity contribution in [2.45, 2.75) is 97.5 Å². The summed E-state index contributed by atoms with van der Waals surface area (Å²) in [6, 6.07) is -0.309. The molecule has 0 radical (unpaired) electrons. The van der Waals surface area contributed by atoms with Crippen LogP contribution in [-0.2, 0) is 19.1 Å². The van der Waals surface area contributed by atoms with Gasteiger partial charge < -0.3 is 24.6 Å². The van der Waals surface area contributed by atoms with Crippen molar-refractivity contribution < 1.29 is 29.3 Å². The maximum Gasteiger partial charge on any atom is 0.352 e. The van der Waals surface area contributed by atoms with Crippen LogP contribution in [0.15, 0.2) is 11.3 Å². The lowest BCUT2D eigenvalue weighted by Gasteiger charge is -2.46. The van der Waals surface area contributed by atoms with Crippen LogP contribution in [0.3, 0.4) is 0 Å². The molecule has 0 spiro atoms. The average Bonchev–Trinajstić information content (AvgIpc) is 2.93. The first kappa shape index (κ1) is 24.8. The van der Waals surface area contributed by atoms with Crippen molar-refractivity contribution in [1.29, 1.82) is 0 Å². The standard InChI is InChI=1S/C23H39NO6/c1-5-7-8-9-10-11-12-13-18(29-6-2)30-14-17-15(3)20-19(16(4)25)22(26)24(20)21(17)23(27)28/h15-16,18-20,25H,5-14H2,1-4H3,(H,27,28)/t15-,16+,18?,19+,20+/m0/s1. The van der Waals surface area contributed by atoms with Gasteiger partial charge in [-0.3, -0.25) is 4.79 Å². The molecule has 0 aliphatic carbocycles. The Hall–Kier alpha value is -1.44. The molecule has 2 N–H and O–H groups in total. The van der Waals surface area contributed by atoms with E-state index in [1.807, 2.05) is 13.8 Å². The number of aliphatic hydroxyl groups excluding tert-OH is 1. The summed E-state index contributed by atoms with van der Waals surface area (Å²) in [4.78, 5) is 25.6. The number of unbranched alkanes of at least 4 members (excludes halogenated alkanes) is 6. The summed E-state index contributed by atoms with van der Waals surface area (Å²) in [5.74, 6) is -2.17. The highest BCUT2D eigenvalue weighted by molar-refractivity contribution is 6.00. The van der Waals surface area contributed by atoms with Gasteiger partial charge in [0.1, 0.15) is 5.70 Å². The van der Waals surface area contributed by atoms with Crippen LogP contribution in [-0.4, -0.2) is 58.6 Å². The maximum atomic E-state index is 12.4. The summed E-state index contributed by atoms with van der Waals surface area (Å²) < 4.78 is 11.7. The average molecular weight is 426 g/mol. The van der Waals surface area contributed by atoms with Crippen molar-refractivity contribution in [3.8, 4) is 0 Å². The fourth-order valence-corrected chi connectivity index (χ4v) is 4.69. The van der Waals surface area contributed by atoms with Crippen LogP contribution < -0.4 is 0 Å². The van der Waals surface area contributed by atoms with Crippen molar-refractivity contribution in [1.82, 2.24) is 4.90 Å². The zero-order chi connectivity index (χ0) is 22.3. The summed E-state index contributed by atoms with van der Waals surface area (Å²) >= 11 is 0. The number of nitrogens with zero attached hydrogens (tertiary/aromatic N) is 1. The number of rotatable bonds is 15. The van der Waals surface area contributed by atoms with E-state index in [4.69, 9.17) is 9.47 Å². The molecule has 1 amide bonds. The van der Waals surface area contributed by atoms with Gasteiger partial charge in [-0.2, -0.15) is 0 Å². The Morgan fingerprint density at radius 2 is 1.73 bits per heavy atom. The topological polar surface area (TPSA) is 96.3 Å². The van der Waals surface area contributed by atoms with E-state index in [9.17, 15) is 19.8 Å². The van der Waals surface area contributed by atoms with Crippen LogP contribution >= 0.6 is 0 Å². The minimum atomic E-state index is -1.12. The Kier molecular flexibility index (Phi) is 9.78. The summed E-state index contributed by atoms with van der Waals surface area (Å²) in [5, 5.41) is 19.6. The third-order valence-corrected chi connectivity index (χ3v) is 6.34. The summed E-state index contributed by atoms with van der Waals surface area (Å²) in [6.45, 7) is 8.26. The maximum absolute atomic E-state index is 12.4. The minimum Gasteiger partial charge on any atom is -0.477 e. The molecule has 7 heteroatoms. The summed E-state index contributed by atoms with van der Waals surface area (Å²) in [7, 11) is 0. The van der Waals surface area contributed by atoms with E-state index in [0.29, 0.717) is 12.2 Å². The van der Waals surface area contributed by atoms with Gasteiger partial charge in [0.25, 0.3) is 0 Å². The number of carbonyl (C=O) groups excluding carboxylic acids is 1. The molecule has 30 heavy (non-hydrogen) atoms. The van der Waals surface area contributed by atoms with Crippen molar-refractivity contribution in [2.75, 3.05) is 13.2 Å². The highest BCUT2D eigenvalue weighted by atomic mass is 16.7. The number of carboxylic acids is 1. The number of aliphatic hydroxyl groups is 1. The quantitative estimate of drug-likeness (QED) is 0.236. The van der Waals surface area contributed by atoms with Gasteiger partial charge in [-0.05, 0) is 32.3 Å². The molecule has 0 aromatic carbocycles. The summed E-state index contributed by atoms with van der Waals surface area (Å²) in [6.07, 6.45) is 8.03. The lowest BCUT2D eigenvalue weighted by atomic mass is 9.78. The molecule has 5 atom stereocenters. The number of hydrogen-bond donors (Lipinski definition) is 2. The van der Waals surface area contributed by atoms with Crippen LogP contribution in [0.2, 0.25) is 0 Å². The minimum absolute atomic E-state index is 0.0144. The molecule has 2 aliphatic heterocycles. The van der Waals surface area contributed by atoms with Gasteiger partial charge >= 0.3 is 5.97 Å². The zero-order valence-corrected chi connectivity index (χ0v) is 18.9. The van der Waals surface area contributed by atoms with Crippen LogP contribution in [0.5, 0.6) is 0 Å². The third kappa shape index (κ3) is 5.62. The number of aliphatic carboxylic acids is 1. The smallest absolute Gasteiger partial charge is 0.352 e. The summed E-state index contributed by atoms with van der Waals surface area (Å²) in [5.41, 5.74) is 0.619. The Balaban J connectivity index is 1.92. The number of β-lactam (4-membered cyclic amide) rings is 1. The molecule has 1 saturated heterocycles. The van der Waals surface area contributed by atoms with E-state index in [0.717, 1.165) is 19.3 Å². The highest BCUT2D eigenvalue weighted by Gasteiger charge is 2.59. The molecule has 2 aliphatic rings. The van der Waals surface area contributed by atoms with Gasteiger partial charge in [0.15, 0.2) is 6.29 Å². The number of ether oxygens (including phenoxy) is 2. The second kappa shape index (κ2) is 11.8. The SMILES string of the molecule is CCCCCCCCCC(OCC)OCC1=C(C(=O)O)N2C(=O)[C@H]([C@@H](C)O)[C@H]2[C@H]1C. The lowest BCUT2D eigenvalue weighted by molar-refractivity contribution is -0.163. The van der Waals surface area contributed by atoms with Crippen molar-refractivity contribution >= 4 is 11.9 Å². The first-order valence-corrected chi connectivity index (χ1v) is 11.6. The molecular formula is C23H39NO6. The molecular weight excluding hydrogens is 386 g/mol. The molecule has 2 heterocycles. The largest absolute Gasteiger partial charge is 0.477 e. The molecule has 0 saturated carbocycles. The van der Waals surface area contributed by atoms with Gasteiger partial charge in [0, 0.05) is 12.5 Å². The Morgan fingerprint density at radius 3 is 2.30 bits per heavy atom. The highest BCUT2D eigenvalue weighted by Crippen LogP contribution is 2.47. The fraction of sp³-hybridized carbons (Fsp3) is 0.826. The van der Waals surface area contributed by atoms with Crippen LogP contribution in [0.1, 0.15) is 79.1 Å².